The van der Waals surface area contributed by atoms with Crippen molar-refractivity contribution in [2.24, 2.45) is 0 Å². The molecule has 2 aromatic rings. The number of aromatic nitrogens is 2. The number of nitrogens with zero attached hydrogens (tertiary/aromatic N) is 3. The Bertz CT molecular complexity index is 546. The monoisotopic (exact) mass is 232 g/mol. The first kappa shape index (κ1) is 11.4. The number of rotatable bonds is 3. The average Bonchev–Trinajstić information content (AvgIpc) is 2.61. The molecule has 0 fully saturated rings. The molecule has 0 atom stereocenters. The highest BCUT2D eigenvalue weighted by atomic mass is 16.2. The summed E-state index contributed by atoms with van der Waals surface area (Å²) in [6, 6.07) is 7.79. The fourth-order valence-corrected chi connectivity index (χ4v) is 1.74. The van der Waals surface area contributed by atoms with Crippen molar-refractivity contribution in [1.29, 1.82) is 0 Å². The van der Waals surface area contributed by atoms with Gasteiger partial charge in [-0.2, -0.15) is 0 Å². The fraction of sp³-hybridized carbons (Fsp3) is 0.333. The van der Waals surface area contributed by atoms with Gasteiger partial charge in [0.1, 0.15) is 0 Å². The van der Waals surface area contributed by atoms with Crippen LogP contribution in [-0.4, -0.2) is 34.0 Å². The van der Waals surface area contributed by atoms with E-state index in [-0.39, 0.29) is 5.91 Å². The van der Waals surface area contributed by atoms with Gasteiger partial charge < -0.3 is 15.2 Å². The highest BCUT2D eigenvalue weighted by Gasteiger charge is 2.08. The van der Waals surface area contributed by atoms with Crippen molar-refractivity contribution in [1.82, 2.24) is 14.5 Å². The molecule has 0 spiro atoms. The number of carbonyl (C=O) groups is 1. The lowest BCUT2D eigenvalue weighted by Gasteiger charge is -2.15. The maximum absolute atomic E-state index is 11.1. The highest BCUT2D eigenvalue weighted by molar-refractivity contribution is 5.78. The van der Waals surface area contributed by atoms with E-state index < -0.39 is 0 Å². The lowest BCUT2D eigenvalue weighted by molar-refractivity contribution is -0.127. The first-order valence-electron chi connectivity index (χ1n) is 5.52. The maximum Gasteiger partial charge on any atom is 0.219 e. The summed E-state index contributed by atoms with van der Waals surface area (Å²) >= 11 is 0. The van der Waals surface area contributed by atoms with Crippen LogP contribution in [0.15, 0.2) is 24.3 Å². The number of para-hydroxylation sites is 2. The number of nitrogen functional groups attached to an aromatic ring is 1. The molecule has 1 heterocycles. The second kappa shape index (κ2) is 4.45. The van der Waals surface area contributed by atoms with Crippen LogP contribution in [0.5, 0.6) is 0 Å². The largest absolute Gasteiger partial charge is 0.369 e. The van der Waals surface area contributed by atoms with E-state index in [1.165, 1.54) is 0 Å². The summed E-state index contributed by atoms with van der Waals surface area (Å²) in [5, 5.41) is 0. The van der Waals surface area contributed by atoms with Crippen LogP contribution in [0.4, 0.5) is 5.95 Å². The van der Waals surface area contributed by atoms with Crippen LogP contribution in [0.3, 0.4) is 0 Å². The SMILES string of the molecule is CC(=O)N(C)CCn1c(N)nc2ccccc21. The molecule has 90 valence electrons. The van der Waals surface area contributed by atoms with E-state index in [4.69, 9.17) is 5.73 Å². The molecule has 1 amide bonds. The molecule has 0 radical (unpaired) electrons. The van der Waals surface area contributed by atoms with Crippen molar-refractivity contribution in [2.75, 3.05) is 19.3 Å². The smallest absolute Gasteiger partial charge is 0.219 e. The summed E-state index contributed by atoms with van der Waals surface area (Å²) in [5.41, 5.74) is 7.75. The fourth-order valence-electron chi connectivity index (χ4n) is 1.74. The average molecular weight is 232 g/mol. The van der Waals surface area contributed by atoms with Gasteiger partial charge in [-0.15, -0.1) is 0 Å². The van der Waals surface area contributed by atoms with E-state index in [1.54, 1.807) is 18.9 Å². The van der Waals surface area contributed by atoms with E-state index in [2.05, 4.69) is 4.98 Å². The molecule has 0 aliphatic rings. The topological polar surface area (TPSA) is 64.2 Å². The summed E-state index contributed by atoms with van der Waals surface area (Å²) in [6.45, 7) is 2.83. The zero-order chi connectivity index (χ0) is 12.4. The van der Waals surface area contributed by atoms with Crippen molar-refractivity contribution in [3.8, 4) is 0 Å². The Morgan fingerprint density at radius 3 is 2.88 bits per heavy atom. The molecule has 1 aromatic heterocycles. The summed E-state index contributed by atoms with van der Waals surface area (Å²) in [7, 11) is 1.78. The number of amides is 1. The zero-order valence-electron chi connectivity index (χ0n) is 10.1. The molecule has 0 aliphatic heterocycles. The lowest BCUT2D eigenvalue weighted by Crippen LogP contribution is -2.27. The van der Waals surface area contributed by atoms with E-state index in [1.807, 2.05) is 28.8 Å². The number of hydrogen-bond acceptors (Lipinski definition) is 3. The first-order chi connectivity index (χ1) is 8.09. The van der Waals surface area contributed by atoms with Gasteiger partial charge in [-0.05, 0) is 12.1 Å². The van der Waals surface area contributed by atoms with Crippen LogP contribution in [0.2, 0.25) is 0 Å². The number of likely N-dealkylation sites (N-methyl/N-ethyl adjacent to an activating group) is 1. The van der Waals surface area contributed by atoms with Crippen molar-refractivity contribution in [2.45, 2.75) is 13.5 Å². The summed E-state index contributed by atoms with van der Waals surface area (Å²) in [6.07, 6.45) is 0. The Hall–Kier alpha value is -2.04. The number of hydrogen-bond donors (Lipinski definition) is 1. The second-order valence-corrected chi connectivity index (χ2v) is 4.05. The standard InChI is InChI=1S/C12H16N4O/c1-9(17)15(2)7-8-16-11-6-4-3-5-10(11)14-12(16)13/h3-6H,7-8H2,1-2H3,(H2,13,14). The normalized spacial score (nSPS) is 10.7. The molecule has 0 aliphatic carbocycles. The molecular formula is C12H16N4O. The third-order valence-corrected chi connectivity index (χ3v) is 2.88. The predicted octanol–water partition coefficient (Wildman–Crippen LogP) is 1.10. The van der Waals surface area contributed by atoms with Crippen LogP contribution in [-0.2, 0) is 11.3 Å². The lowest BCUT2D eigenvalue weighted by atomic mass is 10.3. The first-order valence-corrected chi connectivity index (χ1v) is 5.52. The van der Waals surface area contributed by atoms with Crippen LogP contribution < -0.4 is 5.73 Å². The molecule has 2 rings (SSSR count). The van der Waals surface area contributed by atoms with E-state index >= 15 is 0 Å². The molecule has 17 heavy (non-hydrogen) atoms. The van der Waals surface area contributed by atoms with Crippen LogP contribution in [0, 0.1) is 0 Å². The Morgan fingerprint density at radius 1 is 1.47 bits per heavy atom. The third kappa shape index (κ3) is 2.22. The molecule has 5 heteroatoms. The minimum atomic E-state index is 0.0491. The van der Waals surface area contributed by atoms with E-state index in [9.17, 15) is 4.79 Å². The van der Waals surface area contributed by atoms with Crippen molar-refractivity contribution >= 4 is 22.9 Å². The third-order valence-electron chi connectivity index (χ3n) is 2.88. The Labute approximate surface area is 99.8 Å². The zero-order valence-corrected chi connectivity index (χ0v) is 10.1. The number of carbonyl (C=O) groups excluding carboxylic acids is 1. The predicted molar refractivity (Wildman–Crippen MR) is 67.5 cm³/mol. The molecule has 0 unspecified atom stereocenters. The Balaban J connectivity index is 2.23. The van der Waals surface area contributed by atoms with E-state index in [0.29, 0.717) is 19.0 Å². The van der Waals surface area contributed by atoms with Crippen molar-refractivity contribution < 1.29 is 4.79 Å². The number of fused-ring (bicyclic) bond motifs is 1. The minimum Gasteiger partial charge on any atom is -0.369 e. The second-order valence-electron chi connectivity index (χ2n) is 4.05. The van der Waals surface area contributed by atoms with Gasteiger partial charge in [0.05, 0.1) is 11.0 Å². The van der Waals surface area contributed by atoms with Crippen LogP contribution in [0.1, 0.15) is 6.92 Å². The molecule has 0 saturated heterocycles. The van der Waals surface area contributed by atoms with Crippen LogP contribution >= 0.6 is 0 Å². The Morgan fingerprint density at radius 2 is 2.18 bits per heavy atom. The van der Waals surface area contributed by atoms with E-state index in [0.717, 1.165) is 11.0 Å². The quantitative estimate of drug-likeness (QED) is 0.861. The number of benzene rings is 1. The highest BCUT2D eigenvalue weighted by Crippen LogP contribution is 2.16. The Kier molecular flexibility index (Phi) is 2.99. The van der Waals surface area contributed by atoms with Gasteiger partial charge >= 0.3 is 0 Å². The van der Waals surface area contributed by atoms with Gasteiger partial charge in [-0.1, -0.05) is 12.1 Å². The maximum atomic E-state index is 11.1. The van der Waals surface area contributed by atoms with Gasteiger partial charge in [0.25, 0.3) is 0 Å². The summed E-state index contributed by atoms with van der Waals surface area (Å²) < 4.78 is 1.93. The molecule has 2 N–H and O–H groups in total. The molecule has 0 bridgehead atoms. The molecule has 1 aromatic carbocycles. The van der Waals surface area contributed by atoms with Crippen molar-refractivity contribution in [3.05, 3.63) is 24.3 Å². The van der Waals surface area contributed by atoms with Gasteiger partial charge in [-0.25, -0.2) is 4.98 Å². The number of imidazole rings is 1. The van der Waals surface area contributed by atoms with Gasteiger partial charge in [0, 0.05) is 27.1 Å². The minimum absolute atomic E-state index is 0.0491. The number of anilines is 1. The summed E-state index contributed by atoms with van der Waals surface area (Å²) in [4.78, 5) is 17.1. The molecule has 5 nitrogen and oxygen atoms in total. The van der Waals surface area contributed by atoms with Gasteiger partial charge in [0.2, 0.25) is 11.9 Å². The van der Waals surface area contributed by atoms with Crippen molar-refractivity contribution in [3.63, 3.8) is 0 Å². The molecular weight excluding hydrogens is 216 g/mol. The van der Waals surface area contributed by atoms with Crippen LogP contribution in [0.25, 0.3) is 11.0 Å². The van der Waals surface area contributed by atoms with Gasteiger partial charge in [-0.3, -0.25) is 4.79 Å². The molecule has 0 saturated carbocycles. The number of nitrogens with two attached hydrogens (primary N) is 1. The van der Waals surface area contributed by atoms with Gasteiger partial charge in [0.15, 0.2) is 0 Å². The summed E-state index contributed by atoms with van der Waals surface area (Å²) in [5.74, 6) is 0.538.